The van der Waals surface area contributed by atoms with Crippen molar-refractivity contribution >= 4 is 17.6 Å². The van der Waals surface area contributed by atoms with Gasteiger partial charge in [-0.1, -0.05) is 24.6 Å². The van der Waals surface area contributed by atoms with Crippen LogP contribution in [0.1, 0.15) is 31.7 Å². The summed E-state index contributed by atoms with van der Waals surface area (Å²) in [6.07, 6.45) is 2.04. The number of phenols is 1. The van der Waals surface area contributed by atoms with Crippen molar-refractivity contribution in [3.8, 4) is 5.75 Å². The van der Waals surface area contributed by atoms with Gasteiger partial charge in [-0.3, -0.25) is 9.69 Å². The summed E-state index contributed by atoms with van der Waals surface area (Å²) >= 11 is 6.09. The summed E-state index contributed by atoms with van der Waals surface area (Å²) in [7, 11) is 0. The van der Waals surface area contributed by atoms with E-state index in [4.69, 9.17) is 11.6 Å². The molecule has 104 valence electrons. The SMILES string of the molecule is CCC1(C(=O)O)CCCN1Cc1c(O)cccc1Cl. The predicted molar refractivity (Wildman–Crippen MR) is 73.4 cm³/mol. The molecule has 0 saturated carbocycles. The summed E-state index contributed by atoms with van der Waals surface area (Å²) in [6, 6.07) is 4.96. The van der Waals surface area contributed by atoms with Crippen LogP contribution in [0.3, 0.4) is 0 Å². The molecule has 0 bridgehead atoms. The summed E-state index contributed by atoms with van der Waals surface area (Å²) in [6.45, 7) is 2.97. The van der Waals surface area contributed by atoms with Gasteiger partial charge >= 0.3 is 5.97 Å². The average Bonchev–Trinajstić information content (AvgIpc) is 2.78. The summed E-state index contributed by atoms with van der Waals surface area (Å²) in [5, 5.41) is 19.9. The quantitative estimate of drug-likeness (QED) is 0.892. The number of phenolic OH excluding ortho intramolecular Hbond substituents is 1. The van der Waals surface area contributed by atoms with Gasteiger partial charge in [0, 0.05) is 17.1 Å². The van der Waals surface area contributed by atoms with Crippen LogP contribution in [0, 0.1) is 0 Å². The van der Waals surface area contributed by atoms with E-state index in [9.17, 15) is 15.0 Å². The Morgan fingerprint density at radius 3 is 2.84 bits per heavy atom. The lowest BCUT2D eigenvalue weighted by Gasteiger charge is -2.34. The third-order valence-corrected chi connectivity index (χ3v) is 4.40. The topological polar surface area (TPSA) is 60.8 Å². The molecule has 1 aromatic rings. The van der Waals surface area contributed by atoms with Gasteiger partial charge in [0.2, 0.25) is 0 Å². The smallest absolute Gasteiger partial charge is 0.324 e. The first-order valence-corrected chi connectivity index (χ1v) is 6.84. The minimum Gasteiger partial charge on any atom is -0.508 e. The lowest BCUT2D eigenvalue weighted by Crippen LogP contribution is -2.49. The lowest BCUT2D eigenvalue weighted by molar-refractivity contribution is -0.150. The Hall–Kier alpha value is -1.26. The number of likely N-dealkylation sites (tertiary alicyclic amines) is 1. The number of carboxylic acids is 1. The van der Waals surface area contributed by atoms with Gasteiger partial charge in [0.25, 0.3) is 0 Å². The van der Waals surface area contributed by atoms with Gasteiger partial charge in [0.1, 0.15) is 11.3 Å². The number of carboxylic acid groups (broad SMARTS) is 1. The molecule has 0 aromatic heterocycles. The normalized spacial score (nSPS) is 23.7. The standard InChI is InChI=1S/C14H18ClNO3/c1-2-14(13(18)19)7-4-8-16(14)9-10-11(15)5-3-6-12(10)17/h3,5-6,17H,2,4,7-9H2,1H3,(H,18,19). The molecule has 1 atom stereocenters. The summed E-state index contributed by atoms with van der Waals surface area (Å²) < 4.78 is 0. The van der Waals surface area contributed by atoms with E-state index in [1.807, 2.05) is 11.8 Å². The average molecular weight is 284 g/mol. The molecule has 1 heterocycles. The molecule has 19 heavy (non-hydrogen) atoms. The summed E-state index contributed by atoms with van der Waals surface area (Å²) in [5.74, 6) is -0.672. The molecule has 2 rings (SSSR count). The Morgan fingerprint density at radius 2 is 2.26 bits per heavy atom. The number of hydrogen-bond acceptors (Lipinski definition) is 3. The summed E-state index contributed by atoms with van der Waals surface area (Å²) in [5.41, 5.74) is -0.226. The van der Waals surface area contributed by atoms with E-state index in [2.05, 4.69) is 0 Å². The molecule has 0 amide bonds. The van der Waals surface area contributed by atoms with Crippen molar-refractivity contribution in [3.63, 3.8) is 0 Å². The van der Waals surface area contributed by atoms with Crippen molar-refractivity contribution < 1.29 is 15.0 Å². The Balaban J connectivity index is 2.30. The van der Waals surface area contributed by atoms with Gasteiger partial charge < -0.3 is 10.2 Å². The van der Waals surface area contributed by atoms with Gasteiger partial charge in [-0.25, -0.2) is 0 Å². The van der Waals surface area contributed by atoms with E-state index in [0.717, 1.165) is 6.42 Å². The molecule has 2 N–H and O–H groups in total. The first kappa shape index (κ1) is 14.2. The van der Waals surface area contributed by atoms with Crippen LogP contribution in [0.5, 0.6) is 5.75 Å². The van der Waals surface area contributed by atoms with Crippen LogP contribution in [0.2, 0.25) is 5.02 Å². The third-order valence-electron chi connectivity index (χ3n) is 4.05. The van der Waals surface area contributed by atoms with Crippen molar-refractivity contribution in [1.29, 1.82) is 0 Å². The number of benzene rings is 1. The first-order valence-electron chi connectivity index (χ1n) is 6.46. The molecule has 0 aliphatic carbocycles. The number of nitrogens with zero attached hydrogens (tertiary/aromatic N) is 1. The second-order valence-electron chi connectivity index (χ2n) is 4.95. The van der Waals surface area contributed by atoms with Crippen LogP contribution in [0.4, 0.5) is 0 Å². The second kappa shape index (κ2) is 5.39. The molecular formula is C14H18ClNO3. The van der Waals surface area contributed by atoms with Gasteiger partial charge in [-0.15, -0.1) is 0 Å². The minimum absolute atomic E-state index is 0.120. The van der Waals surface area contributed by atoms with E-state index in [1.54, 1.807) is 18.2 Å². The van der Waals surface area contributed by atoms with E-state index >= 15 is 0 Å². The van der Waals surface area contributed by atoms with Crippen LogP contribution in [-0.4, -0.2) is 33.2 Å². The van der Waals surface area contributed by atoms with Crippen molar-refractivity contribution in [2.75, 3.05) is 6.54 Å². The largest absolute Gasteiger partial charge is 0.508 e. The van der Waals surface area contributed by atoms with Crippen molar-refractivity contribution in [3.05, 3.63) is 28.8 Å². The molecule has 1 aliphatic rings. The number of aromatic hydroxyl groups is 1. The highest BCUT2D eigenvalue weighted by atomic mass is 35.5. The molecular weight excluding hydrogens is 266 g/mol. The molecule has 1 fully saturated rings. The zero-order chi connectivity index (χ0) is 14.0. The zero-order valence-corrected chi connectivity index (χ0v) is 11.7. The van der Waals surface area contributed by atoms with E-state index in [1.165, 1.54) is 0 Å². The molecule has 0 radical (unpaired) electrons. The van der Waals surface area contributed by atoms with E-state index < -0.39 is 11.5 Å². The number of carbonyl (C=O) groups is 1. The van der Waals surface area contributed by atoms with Crippen molar-refractivity contribution in [2.24, 2.45) is 0 Å². The van der Waals surface area contributed by atoms with Crippen LogP contribution < -0.4 is 0 Å². The number of hydrogen-bond donors (Lipinski definition) is 2. The molecule has 1 aromatic carbocycles. The molecule has 1 saturated heterocycles. The predicted octanol–water partition coefficient (Wildman–Crippen LogP) is 2.87. The highest BCUT2D eigenvalue weighted by Crippen LogP contribution is 2.36. The molecule has 1 aliphatic heterocycles. The van der Waals surface area contributed by atoms with Gasteiger partial charge in [0.05, 0.1) is 0 Å². The fourth-order valence-corrected chi connectivity index (χ4v) is 3.08. The van der Waals surface area contributed by atoms with Crippen LogP contribution >= 0.6 is 11.6 Å². The third kappa shape index (κ3) is 2.42. The zero-order valence-electron chi connectivity index (χ0n) is 10.9. The van der Waals surface area contributed by atoms with Crippen LogP contribution in [0.25, 0.3) is 0 Å². The Labute approximate surface area is 117 Å². The Kier molecular flexibility index (Phi) is 4.02. The van der Waals surface area contributed by atoms with E-state index in [0.29, 0.717) is 36.5 Å². The molecule has 5 heteroatoms. The Bertz CT molecular complexity index is 471. The molecule has 1 unspecified atom stereocenters. The minimum atomic E-state index is -0.828. The second-order valence-corrected chi connectivity index (χ2v) is 5.36. The monoisotopic (exact) mass is 283 g/mol. The van der Waals surface area contributed by atoms with Gasteiger partial charge in [-0.2, -0.15) is 0 Å². The number of rotatable bonds is 4. The van der Waals surface area contributed by atoms with Crippen molar-refractivity contribution in [2.45, 2.75) is 38.3 Å². The van der Waals surface area contributed by atoms with Crippen LogP contribution in [-0.2, 0) is 11.3 Å². The number of aliphatic carboxylic acids is 1. The van der Waals surface area contributed by atoms with E-state index in [-0.39, 0.29) is 5.75 Å². The Morgan fingerprint density at radius 1 is 1.53 bits per heavy atom. The maximum atomic E-state index is 11.6. The molecule has 0 spiro atoms. The highest BCUT2D eigenvalue weighted by molar-refractivity contribution is 6.31. The molecule has 4 nitrogen and oxygen atoms in total. The fraction of sp³-hybridized carbons (Fsp3) is 0.500. The van der Waals surface area contributed by atoms with Gasteiger partial charge in [-0.05, 0) is 37.9 Å². The fourth-order valence-electron chi connectivity index (χ4n) is 2.85. The maximum Gasteiger partial charge on any atom is 0.324 e. The summed E-state index contributed by atoms with van der Waals surface area (Å²) in [4.78, 5) is 13.5. The number of halogens is 1. The lowest BCUT2D eigenvalue weighted by atomic mass is 9.92. The van der Waals surface area contributed by atoms with Gasteiger partial charge in [0.15, 0.2) is 0 Å². The van der Waals surface area contributed by atoms with Crippen molar-refractivity contribution in [1.82, 2.24) is 4.90 Å². The van der Waals surface area contributed by atoms with Crippen LogP contribution in [0.15, 0.2) is 18.2 Å². The first-order chi connectivity index (χ1) is 9.01. The maximum absolute atomic E-state index is 11.6. The highest BCUT2D eigenvalue weighted by Gasteiger charge is 2.46.